The van der Waals surface area contributed by atoms with Crippen molar-refractivity contribution in [1.82, 2.24) is 9.55 Å². The van der Waals surface area contributed by atoms with Crippen molar-refractivity contribution in [2.45, 2.75) is 37.9 Å². The van der Waals surface area contributed by atoms with E-state index >= 15 is 0 Å². The van der Waals surface area contributed by atoms with E-state index in [9.17, 15) is 13.2 Å². The van der Waals surface area contributed by atoms with E-state index < -0.39 is 11.7 Å². The Morgan fingerprint density at radius 2 is 1.95 bits per heavy atom. The van der Waals surface area contributed by atoms with E-state index in [2.05, 4.69) is 10.4 Å². The number of hydrazine groups is 1. The molecule has 3 N–H and O–H groups in total. The van der Waals surface area contributed by atoms with Crippen LogP contribution in [0.3, 0.4) is 0 Å². The van der Waals surface area contributed by atoms with Gasteiger partial charge < -0.3 is 4.57 Å². The van der Waals surface area contributed by atoms with E-state index in [0.29, 0.717) is 11.5 Å². The van der Waals surface area contributed by atoms with Gasteiger partial charge in [0, 0.05) is 6.04 Å². The van der Waals surface area contributed by atoms with Gasteiger partial charge in [0.1, 0.15) is 0 Å². The zero-order valence-corrected chi connectivity index (χ0v) is 10.7. The van der Waals surface area contributed by atoms with E-state index in [1.54, 1.807) is 10.6 Å². The lowest BCUT2D eigenvalue weighted by Crippen LogP contribution is -2.17. The number of nitrogens with two attached hydrogens (primary N) is 1. The first-order chi connectivity index (χ1) is 9.52. The van der Waals surface area contributed by atoms with Crippen LogP contribution in [0.2, 0.25) is 0 Å². The van der Waals surface area contributed by atoms with Crippen LogP contribution in [0.25, 0.3) is 11.0 Å². The summed E-state index contributed by atoms with van der Waals surface area (Å²) in [5.41, 5.74) is 2.21. The maximum absolute atomic E-state index is 13.2. The quantitative estimate of drug-likeness (QED) is 0.656. The Hall–Kier alpha value is -1.76. The van der Waals surface area contributed by atoms with Gasteiger partial charge in [0.25, 0.3) is 0 Å². The summed E-state index contributed by atoms with van der Waals surface area (Å²) in [4.78, 5) is 4.18. The van der Waals surface area contributed by atoms with Crippen LogP contribution in [-0.4, -0.2) is 9.55 Å². The molecule has 1 aromatic carbocycles. The van der Waals surface area contributed by atoms with Gasteiger partial charge in [-0.2, -0.15) is 13.2 Å². The molecule has 0 aliphatic heterocycles. The van der Waals surface area contributed by atoms with E-state index in [1.807, 2.05) is 0 Å². The molecule has 3 rings (SSSR count). The molecule has 0 spiro atoms. The SMILES string of the molecule is NNc1nc2cccc(C(F)(F)F)c2n1C1CCCC1. The maximum Gasteiger partial charge on any atom is 0.418 e. The summed E-state index contributed by atoms with van der Waals surface area (Å²) in [5, 5.41) is 0. The predicted octanol–water partition coefficient (Wildman–Crippen LogP) is 3.46. The van der Waals surface area contributed by atoms with Gasteiger partial charge >= 0.3 is 6.18 Å². The molecule has 0 atom stereocenters. The van der Waals surface area contributed by atoms with Crippen LogP contribution in [0, 0.1) is 0 Å². The Kier molecular flexibility index (Phi) is 3.08. The maximum atomic E-state index is 13.2. The average molecular weight is 284 g/mol. The highest BCUT2D eigenvalue weighted by atomic mass is 19.4. The highest BCUT2D eigenvalue weighted by Gasteiger charge is 2.36. The predicted molar refractivity (Wildman–Crippen MR) is 70.1 cm³/mol. The smallest absolute Gasteiger partial charge is 0.306 e. The van der Waals surface area contributed by atoms with Gasteiger partial charge in [-0.1, -0.05) is 18.9 Å². The average Bonchev–Trinajstić information content (AvgIpc) is 3.02. The van der Waals surface area contributed by atoms with E-state index in [0.717, 1.165) is 31.7 Å². The molecule has 2 aromatic rings. The number of rotatable bonds is 2. The summed E-state index contributed by atoms with van der Waals surface area (Å²) in [6.45, 7) is 0. The number of hydrogen-bond donors (Lipinski definition) is 2. The van der Waals surface area contributed by atoms with Crippen LogP contribution < -0.4 is 11.3 Å². The number of para-hydroxylation sites is 1. The zero-order chi connectivity index (χ0) is 14.3. The number of anilines is 1. The van der Waals surface area contributed by atoms with Crippen LogP contribution in [0.5, 0.6) is 0 Å². The first-order valence-electron chi connectivity index (χ1n) is 6.57. The molecule has 20 heavy (non-hydrogen) atoms. The third kappa shape index (κ3) is 2.02. The highest BCUT2D eigenvalue weighted by Crippen LogP contribution is 2.40. The lowest BCUT2D eigenvalue weighted by Gasteiger charge is -2.18. The second kappa shape index (κ2) is 4.66. The summed E-state index contributed by atoms with van der Waals surface area (Å²) in [6, 6.07) is 4.07. The topological polar surface area (TPSA) is 55.9 Å². The molecule has 0 unspecified atom stereocenters. The number of nitrogen functional groups attached to an aromatic ring is 1. The minimum Gasteiger partial charge on any atom is -0.306 e. The number of halogens is 3. The summed E-state index contributed by atoms with van der Waals surface area (Å²) >= 11 is 0. The Morgan fingerprint density at radius 1 is 1.25 bits per heavy atom. The summed E-state index contributed by atoms with van der Waals surface area (Å²) in [7, 11) is 0. The van der Waals surface area contributed by atoms with Gasteiger partial charge in [-0.3, -0.25) is 5.43 Å². The molecular formula is C13H15F3N4. The fourth-order valence-electron chi connectivity index (χ4n) is 3.00. The number of aromatic nitrogens is 2. The van der Waals surface area contributed by atoms with E-state index in [-0.39, 0.29) is 11.6 Å². The van der Waals surface area contributed by atoms with Crippen molar-refractivity contribution < 1.29 is 13.2 Å². The Bertz CT molecular complexity index is 626. The van der Waals surface area contributed by atoms with Gasteiger partial charge in [-0.25, -0.2) is 10.8 Å². The molecule has 1 aliphatic carbocycles. The molecule has 0 amide bonds. The second-order valence-corrected chi connectivity index (χ2v) is 5.06. The van der Waals surface area contributed by atoms with Crippen LogP contribution >= 0.6 is 0 Å². The monoisotopic (exact) mass is 284 g/mol. The van der Waals surface area contributed by atoms with E-state index in [4.69, 9.17) is 5.84 Å². The van der Waals surface area contributed by atoms with Gasteiger partial charge in [0.2, 0.25) is 5.95 Å². The normalized spacial score (nSPS) is 17.0. The second-order valence-electron chi connectivity index (χ2n) is 5.06. The van der Waals surface area contributed by atoms with Crippen LogP contribution in [0.1, 0.15) is 37.3 Å². The summed E-state index contributed by atoms with van der Waals surface area (Å²) in [5.74, 6) is 5.72. The molecule has 1 heterocycles. The number of alkyl halides is 3. The molecule has 4 nitrogen and oxygen atoms in total. The van der Waals surface area contributed by atoms with Crippen molar-refractivity contribution in [3.05, 3.63) is 23.8 Å². The number of imidazole rings is 1. The van der Waals surface area contributed by atoms with Crippen molar-refractivity contribution in [2.24, 2.45) is 5.84 Å². The van der Waals surface area contributed by atoms with Crippen molar-refractivity contribution in [3.8, 4) is 0 Å². The number of nitrogens with one attached hydrogen (secondary N) is 1. The van der Waals surface area contributed by atoms with Gasteiger partial charge in [0.15, 0.2) is 0 Å². The number of nitrogens with zero attached hydrogens (tertiary/aromatic N) is 2. The standard InChI is InChI=1S/C13H15F3N4/c14-13(15,16)9-6-3-7-10-11(9)20(12(18-10)19-17)8-4-1-2-5-8/h3,6-8H,1-2,4-5,17H2,(H,18,19). The summed E-state index contributed by atoms with van der Waals surface area (Å²) in [6.07, 6.45) is -0.661. The Labute approximate surface area is 113 Å². The molecular weight excluding hydrogens is 269 g/mol. The third-order valence-corrected chi connectivity index (χ3v) is 3.83. The summed E-state index contributed by atoms with van der Waals surface area (Å²) < 4.78 is 41.2. The van der Waals surface area contributed by atoms with Crippen LogP contribution in [0.4, 0.5) is 19.1 Å². The van der Waals surface area contributed by atoms with Gasteiger partial charge in [0.05, 0.1) is 16.6 Å². The van der Waals surface area contributed by atoms with Crippen LogP contribution in [0.15, 0.2) is 18.2 Å². The molecule has 108 valence electrons. The first kappa shape index (κ1) is 13.2. The molecule has 0 saturated heterocycles. The Balaban J connectivity index is 2.29. The molecule has 1 aromatic heterocycles. The first-order valence-corrected chi connectivity index (χ1v) is 6.57. The molecule has 1 fully saturated rings. The molecule has 0 radical (unpaired) electrons. The largest absolute Gasteiger partial charge is 0.418 e. The van der Waals surface area contributed by atoms with Gasteiger partial charge in [-0.15, -0.1) is 0 Å². The zero-order valence-electron chi connectivity index (χ0n) is 10.7. The number of hydrogen-bond acceptors (Lipinski definition) is 3. The van der Waals surface area contributed by atoms with E-state index in [1.165, 1.54) is 6.07 Å². The minimum atomic E-state index is -4.40. The van der Waals surface area contributed by atoms with Crippen LogP contribution in [-0.2, 0) is 6.18 Å². The molecule has 0 bridgehead atoms. The molecule has 7 heteroatoms. The van der Waals surface area contributed by atoms with Crippen molar-refractivity contribution in [1.29, 1.82) is 0 Å². The van der Waals surface area contributed by atoms with Gasteiger partial charge in [-0.05, 0) is 25.0 Å². The highest BCUT2D eigenvalue weighted by molar-refractivity contribution is 5.83. The minimum absolute atomic E-state index is 0.0227. The molecule has 1 aliphatic rings. The third-order valence-electron chi connectivity index (χ3n) is 3.83. The lowest BCUT2D eigenvalue weighted by molar-refractivity contribution is -0.136. The fraction of sp³-hybridized carbons (Fsp3) is 0.462. The Morgan fingerprint density at radius 3 is 2.55 bits per heavy atom. The number of fused-ring (bicyclic) bond motifs is 1. The lowest BCUT2D eigenvalue weighted by atomic mass is 10.1. The van der Waals surface area contributed by atoms with Crippen molar-refractivity contribution >= 4 is 17.0 Å². The molecule has 1 saturated carbocycles. The fourth-order valence-corrected chi connectivity index (χ4v) is 3.00. The van der Waals surface area contributed by atoms with Crippen molar-refractivity contribution in [2.75, 3.05) is 5.43 Å². The van der Waals surface area contributed by atoms with Crippen molar-refractivity contribution in [3.63, 3.8) is 0 Å². The number of benzene rings is 1.